The molecule has 0 aliphatic heterocycles. The Hall–Kier alpha value is -2.02. The molecule has 7 heteroatoms. The van der Waals surface area contributed by atoms with Crippen LogP contribution in [0.25, 0.3) is 0 Å². The maximum atomic E-state index is 11.9. The molecule has 0 bridgehead atoms. The van der Waals surface area contributed by atoms with Crippen LogP contribution in [0.2, 0.25) is 0 Å². The first-order valence-electron chi connectivity index (χ1n) is 6.21. The van der Waals surface area contributed by atoms with Gasteiger partial charge in [0.25, 0.3) is 6.43 Å². The van der Waals surface area contributed by atoms with Crippen LogP contribution in [0.15, 0.2) is 35.1 Å². The highest BCUT2D eigenvalue weighted by Gasteiger charge is 2.07. The van der Waals surface area contributed by atoms with Crippen molar-refractivity contribution in [2.24, 2.45) is 0 Å². The number of hydrogen-bond donors (Lipinski definition) is 1. The number of rotatable bonds is 7. The number of nitrogens with one attached hydrogen (secondary N) is 1. The van der Waals surface area contributed by atoms with Crippen LogP contribution >= 0.6 is 0 Å². The molecule has 0 amide bonds. The maximum absolute atomic E-state index is 11.9. The van der Waals surface area contributed by atoms with Crippen LogP contribution in [0.4, 0.5) is 8.78 Å². The SMILES string of the molecule is O=c1[nH]c(Cc2ccccc2)nn1CCOCC(F)F. The predicted molar refractivity (Wildman–Crippen MR) is 68.9 cm³/mol. The zero-order chi connectivity index (χ0) is 14.4. The predicted octanol–water partition coefficient (Wildman–Crippen LogP) is 1.44. The van der Waals surface area contributed by atoms with E-state index in [1.165, 1.54) is 4.68 Å². The maximum Gasteiger partial charge on any atom is 0.343 e. The highest BCUT2D eigenvalue weighted by molar-refractivity contribution is 5.18. The zero-order valence-electron chi connectivity index (χ0n) is 10.8. The van der Waals surface area contributed by atoms with E-state index in [1.807, 2.05) is 30.3 Å². The quantitative estimate of drug-likeness (QED) is 0.782. The largest absolute Gasteiger partial charge is 0.374 e. The third-order valence-corrected chi connectivity index (χ3v) is 2.63. The van der Waals surface area contributed by atoms with Crippen LogP contribution in [-0.2, 0) is 17.7 Å². The second-order valence-corrected chi connectivity index (χ2v) is 4.23. The summed E-state index contributed by atoms with van der Waals surface area (Å²) in [7, 11) is 0. The number of aromatic nitrogens is 3. The van der Waals surface area contributed by atoms with Gasteiger partial charge in [-0.3, -0.25) is 4.98 Å². The number of benzene rings is 1. The summed E-state index contributed by atoms with van der Waals surface area (Å²) in [6, 6.07) is 9.59. The molecule has 1 aromatic heterocycles. The molecule has 20 heavy (non-hydrogen) atoms. The Morgan fingerprint density at radius 2 is 2.05 bits per heavy atom. The number of H-pyrrole nitrogens is 1. The monoisotopic (exact) mass is 283 g/mol. The van der Waals surface area contributed by atoms with Gasteiger partial charge in [-0.1, -0.05) is 30.3 Å². The minimum atomic E-state index is -2.50. The van der Waals surface area contributed by atoms with E-state index in [0.717, 1.165) is 5.56 Å². The van der Waals surface area contributed by atoms with E-state index in [1.54, 1.807) is 0 Å². The van der Waals surface area contributed by atoms with E-state index in [9.17, 15) is 13.6 Å². The molecule has 0 radical (unpaired) electrons. The van der Waals surface area contributed by atoms with Crippen LogP contribution in [0, 0.1) is 0 Å². The first-order chi connectivity index (χ1) is 9.65. The molecule has 0 aliphatic carbocycles. The van der Waals surface area contributed by atoms with Crippen molar-refractivity contribution in [3.8, 4) is 0 Å². The normalized spacial score (nSPS) is 11.2. The Morgan fingerprint density at radius 1 is 1.30 bits per heavy atom. The standard InChI is InChI=1S/C13H15F2N3O2/c14-11(15)9-20-7-6-18-13(19)16-12(17-18)8-10-4-2-1-3-5-10/h1-5,11H,6-9H2,(H,16,17,19). The smallest absolute Gasteiger partial charge is 0.343 e. The average Bonchev–Trinajstić information content (AvgIpc) is 2.76. The molecular formula is C13H15F2N3O2. The van der Waals surface area contributed by atoms with Gasteiger partial charge in [0, 0.05) is 6.42 Å². The van der Waals surface area contributed by atoms with Crippen molar-refractivity contribution in [1.82, 2.24) is 14.8 Å². The van der Waals surface area contributed by atoms with Gasteiger partial charge in [0.15, 0.2) is 0 Å². The van der Waals surface area contributed by atoms with Crippen molar-refractivity contribution in [2.45, 2.75) is 19.4 Å². The van der Waals surface area contributed by atoms with Gasteiger partial charge in [-0.2, -0.15) is 5.10 Å². The van der Waals surface area contributed by atoms with Crippen molar-refractivity contribution < 1.29 is 13.5 Å². The van der Waals surface area contributed by atoms with Crippen LogP contribution < -0.4 is 5.69 Å². The summed E-state index contributed by atoms with van der Waals surface area (Å²) >= 11 is 0. The van der Waals surface area contributed by atoms with Crippen molar-refractivity contribution >= 4 is 0 Å². The fourth-order valence-electron chi connectivity index (χ4n) is 1.75. The minimum absolute atomic E-state index is 0.0277. The topological polar surface area (TPSA) is 59.9 Å². The molecule has 2 aromatic rings. The lowest BCUT2D eigenvalue weighted by molar-refractivity contribution is 0.0137. The lowest BCUT2D eigenvalue weighted by Gasteiger charge is -2.02. The van der Waals surface area contributed by atoms with Crippen LogP contribution in [0.3, 0.4) is 0 Å². The molecule has 1 heterocycles. The van der Waals surface area contributed by atoms with E-state index in [-0.39, 0.29) is 18.8 Å². The highest BCUT2D eigenvalue weighted by atomic mass is 19.3. The fraction of sp³-hybridized carbons (Fsp3) is 0.385. The third-order valence-electron chi connectivity index (χ3n) is 2.63. The Bertz CT molecular complexity index is 581. The van der Waals surface area contributed by atoms with E-state index < -0.39 is 13.0 Å². The number of halogens is 2. The van der Waals surface area contributed by atoms with Crippen molar-refractivity contribution in [3.63, 3.8) is 0 Å². The average molecular weight is 283 g/mol. The van der Waals surface area contributed by atoms with Crippen molar-refractivity contribution in [3.05, 3.63) is 52.2 Å². The zero-order valence-corrected chi connectivity index (χ0v) is 10.8. The molecule has 0 saturated heterocycles. The summed E-state index contributed by atoms with van der Waals surface area (Å²) in [4.78, 5) is 14.2. The number of ether oxygens (including phenoxy) is 1. The highest BCUT2D eigenvalue weighted by Crippen LogP contribution is 2.03. The van der Waals surface area contributed by atoms with E-state index >= 15 is 0 Å². The van der Waals surface area contributed by atoms with E-state index in [4.69, 9.17) is 4.74 Å². The van der Waals surface area contributed by atoms with Gasteiger partial charge < -0.3 is 4.74 Å². The van der Waals surface area contributed by atoms with E-state index in [2.05, 4.69) is 10.1 Å². The molecule has 108 valence electrons. The molecule has 0 saturated carbocycles. The first kappa shape index (κ1) is 14.4. The van der Waals surface area contributed by atoms with Gasteiger partial charge in [-0.05, 0) is 5.56 Å². The van der Waals surface area contributed by atoms with Gasteiger partial charge >= 0.3 is 5.69 Å². The molecule has 1 aromatic carbocycles. The fourth-order valence-corrected chi connectivity index (χ4v) is 1.75. The van der Waals surface area contributed by atoms with Gasteiger partial charge in [-0.15, -0.1) is 0 Å². The molecule has 0 aliphatic rings. The minimum Gasteiger partial charge on any atom is -0.374 e. The summed E-state index contributed by atoms with van der Waals surface area (Å²) in [5, 5.41) is 4.10. The molecule has 0 unspecified atom stereocenters. The van der Waals surface area contributed by atoms with Crippen molar-refractivity contribution in [1.29, 1.82) is 0 Å². The van der Waals surface area contributed by atoms with Gasteiger partial charge in [0.05, 0.1) is 13.2 Å². The number of aromatic amines is 1. The summed E-state index contributed by atoms with van der Waals surface area (Å²) in [5.74, 6) is 0.537. The summed E-state index contributed by atoms with van der Waals surface area (Å²) in [5.41, 5.74) is 0.666. The Labute approximate surface area is 114 Å². The van der Waals surface area contributed by atoms with E-state index in [0.29, 0.717) is 12.2 Å². The molecule has 0 spiro atoms. The lowest BCUT2D eigenvalue weighted by atomic mass is 10.1. The van der Waals surface area contributed by atoms with Gasteiger partial charge in [0.1, 0.15) is 12.4 Å². The number of hydrogen-bond acceptors (Lipinski definition) is 3. The molecular weight excluding hydrogens is 268 g/mol. The third kappa shape index (κ3) is 4.27. The molecule has 1 N–H and O–H groups in total. The second kappa shape index (κ2) is 6.95. The molecule has 0 fully saturated rings. The summed E-state index contributed by atoms with van der Waals surface area (Å²) in [6.07, 6.45) is -1.99. The van der Waals surface area contributed by atoms with Crippen LogP contribution in [0.5, 0.6) is 0 Å². The Balaban J connectivity index is 1.91. The lowest BCUT2D eigenvalue weighted by Crippen LogP contribution is -2.21. The number of nitrogens with zero attached hydrogens (tertiary/aromatic N) is 2. The Kier molecular flexibility index (Phi) is 5.00. The van der Waals surface area contributed by atoms with Crippen LogP contribution in [-0.4, -0.2) is 34.4 Å². The van der Waals surface area contributed by atoms with Gasteiger partial charge in [0.2, 0.25) is 0 Å². The molecule has 2 rings (SSSR count). The molecule has 5 nitrogen and oxygen atoms in total. The number of alkyl halides is 2. The second-order valence-electron chi connectivity index (χ2n) is 4.23. The first-order valence-corrected chi connectivity index (χ1v) is 6.21. The van der Waals surface area contributed by atoms with Gasteiger partial charge in [-0.25, -0.2) is 18.3 Å². The van der Waals surface area contributed by atoms with Crippen LogP contribution in [0.1, 0.15) is 11.4 Å². The molecule has 0 atom stereocenters. The summed E-state index contributed by atoms with van der Waals surface area (Å²) in [6.45, 7) is -0.452. The summed E-state index contributed by atoms with van der Waals surface area (Å²) < 4.78 is 29.6. The Morgan fingerprint density at radius 3 is 2.75 bits per heavy atom. The van der Waals surface area contributed by atoms with Crippen molar-refractivity contribution in [2.75, 3.05) is 13.2 Å².